The van der Waals surface area contributed by atoms with E-state index in [1.807, 2.05) is 12.1 Å². The van der Waals surface area contributed by atoms with Gasteiger partial charge in [0.1, 0.15) is 0 Å². The van der Waals surface area contributed by atoms with Gasteiger partial charge in [0.25, 0.3) is 0 Å². The molecule has 2 N–H and O–H groups in total. The number of hydrogen-bond donors (Lipinski definition) is 2. The second-order valence-corrected chi connectivity index (χ2v) is 12.1. The molecule has 2 aliphatic heterocycles. The fourth-order valence-corrected chi connectivity index (χ4v) is 6.03. The molecule has 0 radical (unpaired) electrons. The highest BCUT2D eigenvalue weighted by Gasteiger charge is 2.29. The summed E-state index contributed by atoms with van der Waals surface area (Å²) in [5.74, 6) is 1.60. The van der Waals surface area contributed by atoms with Gasteiger partial charge in [0.05, 0.1) is 51.8 Å². The van der Waals surface area contributed by atoms with Crippen LogP contribution >= 0.6 is 0 Å². The zero-order chi connectivity index (χ0) is 29.8. The van der Waals surface area contributed by atoms with Gasteiger partial charge in [-0.05, 0) is 61.5 Å². The minimum absolute atomic E-state index is 0. The van der Waals surface area contributed by atoms with Crippen LogP contribution in [0.25, 0.3) is 0 Å². The lowest BCUT2D eigenvalue weighted by Crippen LogP contribution is -2.36. The summed E-state index contributed by atoms with van der Waals surface area (Å²) in [6.07, 6.45) is 9.78. The van der Waals surface area contributed by atoms with Crippen molar-refractivity contribution in [3.8, 4) is 0 Å². The highest BCUT2D eigenvalue weighted by molar-refractivity contribution is 5.14. The zero-order valence-electron chi connectivity index (χ0n) is 26.1. The summed E-state index contributed by atoms with van der Waals surface area (Å²) in [6, 6.07) is 20.7. The molecule has 6 heteroatoms. The second kappa shape index (κ2) is 21.0. The molecule has 2 aliphatic rings. The average Bonchev–Trinajstić information content (AvgIpc) is 3.04. The highest BCUT2D eigenvalue weighted by Crippen LogP contribution is 2.28. The Morgan fingerprint density at radius 1 is 0.667 bits per heavy atom. The molecular weight excluding hydrogens is 528 g/mol. The Morgan fingerprint density at radius 2 is 1.10 bits per heavy atom. The van der Waals surface area contributed by atoms with E-state index in [1.54, 1.807) is 0 Å². The number of hydrogen-bond acceptors (Lipinski definition) is 6. The smallest absolute Gasteiger partial charge is 0.0717 e. The third kappa shape index (κ3) is 12.8. The van der Waals surface area contributed by atoms with Crippen molar-refractivity contribution in [3.63, 3.8) is 0 Å². The number of aliphatic hydroxyl groups excluding tert-OH is 2. The van der Waals surface area contributed by atoms with Crippen molar-refractivity contribution in [1.29, 1.82) is 0 Å². The molecule has 2 fully saturated rings. The van der Waals surface area contributed by atoms with E-state index in [0.29, 0.717) is 32.3 Å². The molecule has 4 atom stereocenters. The molecule has 6 nitrogen and oxygen atoms in total. The van der Waals surface area contributed by atoms with Crippen molar-refractivity contribution < 1.29 is 30.6 Å². The molecule has 0 amide bonds. The summed E-state index contributed by atoms with van der Waals surface area (Å²) < 4.78 is 24.0. The summed E-state index contributed by atoms with van der Waals surface area (Å²) >= 11 is 0. The Kier molecular flexibility index (Phi) is 17.3. The number of ether oxygens (including phenoxy) is 4. The van der Waals surface area contributed by atoms with Crippen molar-refractivity contribution in [2.75, 3.05) is 39.6 Å². The zero-order valence-corrected chi connectivity index (χ0v) is 26.1. The lowest BCUT2D eigenvalue weighted by Gasteiger charge is -2.34. The standard InChI is InChI=1S/C25H34O3.C11H22O3.H2/c1-2-9-21-14-15-25(28-18-21)24(19-26-16-22-10-5-3-6-11-22)20-27-17-23-12-7-4-8-13-23;1-2-3-9-4-5-11(14-8-9)10(6-12)7-13;/h3-8,10-13,21,24-25H,2,9,14-20H2,1H3;9-13H,2-8H2,1H3;1H. The van der Waals surface area contributed by atoms with E-state index in [4.69, 9.17) is 29.2 Å². The monoisotopic (exact) mass is 586 g/mol. The van der Waals surface area contributed by atoms with Gasteiger partial charge < -0.3 is 29.2 Å². The summed E-state index contributed by atoms with van der Waals surface area (Å²) in [4.78, 5) is 0. The van der Waals surface area contributed by atoms with Gasteiger partial charge in [0, 0.05) is 26.5 Å². The van der Waals surface area contributed by atoms with Crippen LogP contribution in [0.4, 0.5) is 0 Å². The minimum Gasteiger partial charge on any atom is -0.396 e. The lowest BCUT2D eigenvalue weighted by molar-refractivity contribution is -0.0930. The first-order valence-corrected chi connectivity index (χ1v) is 16.3. The van der Waals surface area contributed by atoms with Crippen molar-refractivity contribution in [2.24, 2.45) is 23.7 Å². The molecule has 0 spiro atoms. The number of aliphatic hydroxyl groups is 2. The van der Waals surface area contributed by atoms with Crippen molar-refractivity contribution >= 4 is 0 Å². The fourth-order valence-electron chi connectivity index (χ4n) is 6.03. The van der Waals surface area contributed by atoms with Crippen LogP contribution in [0.15, 0.2) is 60.7 Å². The van der Waals surface area contributed by atoms with Gasteiger partial charge in [-0.15, -0.1) is 0 Å². The van der Waals surface area contributed by atoms with Gasteiger partial charge >= 0.3 is 0 Å². The van der Waals surface area contributed by atoms with E-state index in [0.717, 1.165) is 32.0 Å². The van der Waals surface area contributed by atoms with Crippen LogP contribution in [-0.2, 0) is 32.2 Å². The lowest BCUT2D eigenvalue weighted by atomic mass is 9.89. The Bertz CT molecular complexity index is 851. The third-order valence-electron chi connectivity index (χ3n) is 8.61. The van der Waals surface area contributed by atoms with Crippen molar-refractivity contribution in [2.45, 2.75) is 90.6 Å². The molecule has 2 aromatic rings. The first-order chi connectivity index (χ1) is 20.7. The molecule has 2 saturated heterocycles. The Labute approximate surface area is 256 Å². The maximum atomic E-state index is 9.01. The van der Waals surface area contributed by atoms with E-state index in [9.17, 15) is 0 Å². The second-order valence-electron chi connectivity index (χ2n) is 12.1. The summed E-state index contributed by atoms with van der Waals surface area (Å²) in [5, 5.41) is 18.0. The number of benzene rings is 2. The summed E-state index contributed by atoms with van der Waals surface area (Å²) in [5.41, 5.74) is 2.41. The molecule has 0 bridgehead atoms. The van der Waals surface area contributed by atoms with Crippen LogP contribution in [0.1, 0.15) is 77.8 Å². The van der Waals surface area contributed by atoms with E-state index >= 15 is 0 Å². The van der Waals surface area contributed by atoms with Crippen molar-refractivity contribution in [3.05, 3.63) is 71.8 Å². The minimum atomic E-state index is -0.0856. The molecule has 42 heavy (non-hydrogen) atoms. The maximum absolute atomic E-state index is 9.01. The molecule has 0 saturated carbocycles. The van der Waals surface area contributed by atoms with Crippen LogP contribution in [0.2, 0.25) is 0 Å². The van der Waals surface area contributed by atoms with Gasteiger partial charge in [-0.2, -0.15) is 0 Å². The van der Waals surface area contributed by atoms with E-state index in [2.05, 4.69) is 62.4 Å². The first kappa shape index (κ1) is 34.7. The predicted octanol–water partition coefficient (Wildman–Crippen LogP) is 7.06. The normalized spacial score (nSPS) is 22.6. The van der Waals surface area contributed by atoms with E-state index in [-0.39, 0.29) is 38.7 Å². The van der Waals surface area contributed by atoms with Crippen LogP contribution < -0.4 is 0 Å². The maximum Gasteiger partial charge on any atom is 0.0717 e. The Morgan fingerprint density at radius 3 is 1.45 bits per heavy atom. The third-order valence-corrected chi connectivity index (χ3v) is 8.61. The predicted molar refractivity (Wildman–Crippen MR) is 170 cm³/mol. The molecule has 0 aliphatic carbocycles. The average molecular weight is 587 g/mol. The SMILES string of the molecule is CCCC1CCC(C(CO)CO)OC1.CCCC1CCC(C(COCc2ccccc2)COCc2ccccc2)OC1.[HH]. The summed E-state index contributed by atoms with van der Waals surface area (Å²) in [7, 11) is 0. The summed E-state index contributed by atoms with van der Waals surface area (Å²) in [6.45, 7) is 8.81. The van der Waals surface area contributed by atoms with Gasteiger partial charge in [-0.25, -0.2) is 0 Å². The quantitative estimate of drug-likeness (QED) is 0.219. The Balaban J connectivity index is 0.000000364. The van der Waals surface area contributed by atoms with Crippen molar-refractivity contribution in [1.82, 2.24) is 0 Å². The number of rotatable bonds is 16. The molecule has 238 valence electrons. The largest absolute Gasteiger partial charge is 0.396 e. The molecule has 4 rings (SSSR count). The van der Waals surface area contributed by atoms with Crippen LogP contribution in [-0.4, -0.2) is 62.1 Å². The highest BCUT2D eigenvalue weighted by atomic mass is 16.5. The molecule has 4 unspecified atom stereocenters. The van der Waals surface area contributed by atoms with Gasteiger partial charge in [-0.1, -0.05) is 87.4 Å². The molecule has 2 aromatic carbocycles. The fraction of sp³-hybridized carbons (Fsp3) is 0.667. The van der Waals surface area contributed by atoms with Crippen LogP contribution in [0, 0.1) is 23.7 Å². The molecule has 2 heterocycles. The first-order valence-electron chi connectivity index (χ1n) is 16.3. The van der Waals surface area contributed by atoms with Gasteiger partial charge in [0.2, 0.25) is 0 Å². The van der Waals surface area contributed by atoms with Gasteiger partial charge in [0.15, 0.2) is 0 Å². The van der Waals surface area contributed by atoms with Crippen LogP contribution in [0.5, 0.6) is 0 Å². The van der Waals surface area contributed by atoms with Crippen LogP contribution in [0.3, 0.4) is 0 Å². The van der Waals surface area contributed by atoms with Gasteiger partial charge in [-0.3, -0.25) is 0 Å². The topological polar surface area (TPSA) is 77.4 Å². The van der Waals surface area contributed by atoms with E-state index in [1.165, 1.54) is 49.7 Å². The Hall–Kier alpha value is -1.80. The molecular formula is C36H58O6. The molecule has 0 aromatic heterocycles. The van der Waals surface area contributed by atoms with E-state index < -0.39 is 0 Å².